The summed E-state index contributed by atoms with van der Waals surface area (Å²) >= 11 is 1.48. The van der Waals surface area contributed by atoms with E-state index in [0.717, 1.165) is 27.3 Å². The summed E-state index contributed by atoms with van der Waals surface area (Å²) in [4.78, 5) is 26.7. The molecule has 0 saturated heterocycles. The number of benzene rings is 4. The molecule has 1 atom stereocenters. The maximum absolute atomic E-state index is 13.3. The third-order valence-electron chi connectivity index (χ3n) is 5.39. The van der Waals surface area contributed by atoms with Gasteiger partial charge in [0.1, 0.15) is 5.25 Å². The molecule has 0 aliphatic heterocycles. The summed E-state index contributed by atoms with van der Waals surface area (Å²) in [7, 11) is 0. The summed E-state index contributed by atoms with van der Waals surface area (Å²) in [5.41, 5.74) is 5.11. The number of amides is 2. The van der Waals surface area contributed by atoms with Gasteiger partial charge in [-0.1, -0.05) is 66.2 Å². The molecule has 4 aromatic rings. The topological polar surface area (TPSA) is 58.2 Å². The number of thioether (sulfide) groups is 1. The summed E-state index contributed by atoms with van der Waals surface area (Å²) in [6.07, 6.45) is 0. The molecule has 2 amide bonds. The van der Waals surface area contributed by atoms with Gasteiger partial charge in [-0.2, -0.15) is 0 Å². The molecule has 170 valence electrons. The Morgan fingerprint density at radius 2 is 1.44 bits per heavy atom. The Morgan fingerprint density at radius 1 is 0.735 bits per heavy atom. The average Bonchev–Trinajstić information content (AvgIpc) is 2.85. The minimum Gasteiger partial charge on any atom is -0.325 e. The van der Waals surface area contributed by atoms with Crippen molar-refractivity contribution < 1.29 is 9.59 Å². The van der Waals surface area contributed by atoms with Gasteiger partial charge in [0.25, 0.3) is 5.91 Å². The molecule has 0 fully saturated rings. The van der Waals surface area contributed by atoms with Gasteiger partial charge in [-0.3, -0.25) is 9.59 Å². The molecule has 0 spiro atoms. The molecule has 4 rings (SSSR count). The Balaban J connectivity index is 1.49. The second-order valence-corrected chi connectivity index (χ2v) is 9.24. The van der Waals surface area contributed by atoms with Gasteiger partial charge in [-0.15, -0.1) is 11.8 Å². The molecular weight excluding hydrogens is 440 g/mol. The molecule has 4 nitrogen and oxygen atoms in total. The Hall–Kier alpha value is -3.83. The third-order valence-corrected chi connectivity index (χ3v) is 6.66. The smallest absolute Gasteiger partial charge is 0.255 e. The van der Waals surface area contributed by atoms with Crippen LogP contribution in [0.1, 0.15) is 32.3 Å². The molecular formula is C29H26N2O2S. The number of anilines is 2. The number of hydrogen-bond donors (Lipinski definition) is 2. The van der Waals surface area contributed by atoms with E-state index in [-0.39, 0.29) is 11.8 Å². The Labute approximate surface area is 204 Å². The van der Waals surface area contributed by atoms with E-state index in [2.05, 4.69) is 10.6 Å². The van der Waals surface area contributed by atoms with Crippen molar-refractivity contribution in [1.29, 1.82) is 0 Å². The second kappa shape index (κ2) is 10.9. The van der Waals surface area contributed by atoms with E-state index >= 15 is 0 Å². The molecule has 5 heteroatoms. The minimum absolute atomic E-state index is 0.0812. The first kappa shape index (κ1) is 23.3. The number of carbonyl (C=O) groups is 2. The Bertz CT molecular complexity index is 1290. The number of aryl methyl sites for hydroxylation is 2. The zero-order valence-corrected chi connectivity index (χ0v) is 19.9. The Morgan fingerprint density at radius 3 is 2.15 bits per heavy atom. The highest BCUT2D eigenvalue weighted by molar-refractivity contribution is 8.00. The molecule has 2 N–H and O–H groups in total. The van der Waals surface area contributed by atoms with Crippen LogP contribution in [0.25, 0.3) is 0 Å². The highest BCUT2D eigenvalue weighted by Crippen LogP contribution is 2.37. The van der Waals surface area contributed by atoms with Crippen molar-refractivity contribution in [3.8, 4) is 0 Å². The molecule has 0 aliphatic carbocycles. The van der Waals surface area contributed by atoms with Gasteiger partial charge >= 0.3 is 0 Å². The lowest BCUT2D eigenvalue weighted by atomic mass is 10.1. The van der Waals surface area contributed by atoms with E-state index in [1.807, 2.05) is 111 Å². The van der Waals surface area contributed by atoms with Crippen molar-refractivity contribution in [2.24, 2.45) is 0 Å². The predicted molar refractivity (Wildman–Crippen MR) is 140 cm³/mol. The van der Waals surface area contributed by atoms with Crippen molar-refractivity contribution in [1.82, 2.24) is 0 Å². The number of rotatable bonds is 7. The van der Waals surface area contributed by atoms with Crippen LogP contribution < -0.4 is 10.6 Å². The van der Waals surface area contributed by atoms with E-state index in [1.54, 1.807) is 6.07 Å². The summed E-state index contributed by atoms with van der Waals surface area (Å²) in [5, 5.41) is 5.58. The van der Waals surface area contributed by atoms with Crippen LogP contribution in [0.3, 0.4) is 0 Å². The Kier molecular flexibility index (Phi) is 7.45. The number of para-hydroxylation sites is 1. The zero-order chi connectivity index (χ0) is 23.9. The fraction of sp³-hybridized carbons (Fsp3) is 0.103. The first-order valence-electron chi connectivity index (χ1n) is 11.1. The van der Waals surface area contributed by atoms with E-state index < -0.39 is 5.25 Å². The molecule has 0 bridgehead atoms. The van der Waals surface area contributed by atoms with Gasteiger partial charge in [0.15, 0.2) is 0 Å². The number of hydrogen-bond acceptors (Lipinski definition) is 3. The fourth-order valence-electron chi connectivity index (χ4n) is 3.55. The standard InChI is InChI=1S/C29H26N2O2S/c1-20-9-8-13-23(19-20)28(32)30-24-15-17-25(18-16-24)34-27(22-11-4-3-5-12-22)29(33)31-26-14-7-6-10-21(26)2/h3-19,27H,1-2H3,(H,30,32)(H,31,33). The van der Waals surface area contributed by atoms with Crippen molar-refractivity contribution in [3.05, 3.63) is 125 Å². The maximum atomic E-state index is 13.3. The van der Waals surface area contributed by atoms with Crippen LogP contribution in [0.5, 0.6) is 0 Å². The lowest BCUT2D eigenvalue weighted by Gasteiger charge is -2.18. The minimum atomic E-state index is -0.423. The highest BCUT2D eigenvalue weighted by atomic mass is 32.2. The quantitative estimate of drug-likeness (QED) is 0.288. The lowest BCUT2D eigenvalue weighted by molar-refractivity contribution is -0.115. The third kappa shape index (κ3) is 5.94. The van der Waals surface area contributed by atoms with Gasteiger partial charge in [-0.25, -0.2) is 0 Å². The van der Waals surface area contributed by atoms with Gasteiger partial charge in [0.05, 0.1) is 0 Å². The van der Waals surface area contributed by atoms with E-state index in [1.165, 1.54) is 11.8 Å². The zero-order valence-electron chi connectivity index (χ0n) is 19.1. The fourth-order valence-corrected chi connectivity index (χ4v) is 4.58. The predicted octanol–water partition coefficient (Wildman–Crippen LogP) is 7.03. The normalized spacial score (nSPS) is 11.5. The van der Waals surface area contributed by atoms with Crippen molar-refractivity contribution in [3.63, 3.8) is 0 Å². The van der Waals surface area contributed by atoms with Crippen molar-refractivity contribution in [2.75, 3.05) is 10.6 Å². The average molecular weight is 467 g/mol. The summed E-state index contributed by atoms with van der Waals surface area (Å²) in [5.74, 6) is -0.230. The second-order valence-electron chi connectivity index (χ2n) is 8.06. The van der Waals surface area contributed by atoms with Crippen LogP contribution in [0.2, 0.25) is 0 Å². The van der Waals surface area contributed by atoms with Crippen LogP contribution in [0, 0.1) is 13.8 Å². The largest absolute Gasteiger partial charge is 0.325 e. The van der Waals surface area contributed by atoms with Crippen LogP contribution in [0.15, 0.2) is 108 Å². The first-order chi connectivity index (χ1) is 16.5. The molecule has 0 aromatic heterocycles. The van der Waals surface area contributed by atoms with E-state index in [4.69, 9.17) is 0 Å². The van der Waals surface area contributed by atoms with Gasteiger partial charge in [-0.05, 0) is 67.4 Å². The van der Waals surface area contributed by atoms with E-state index in [0.29, 0.717) is 11.3 Å². The summed E-state index contributed by atoms with van der Waals surface area (Å²) < 4.78 is 0. The molecule has 34 heavy (non-hydrogen) atoms. The van der Waals surface area contributed by atoms with Crippen molar-refractivity contribution in [2.45, 2.75) is 24.0 Å². The maximum Gasteiger partial charge on any atom is 0.255 e. The van der Waals surface area contributed by atoms with Crippen molar-refractivity contribution >= 4 is 35.0 Å². The number of nitrogens with one attached hydrogen (secondary N) is 2. The van der Waals surface area contributed by atoms with Crippen LogP contribution in [0.4, 0.5) is 11.4 Å². The van der Waals surface area contributed by atoms with Gasteiger partial charge < -0.3 is 10.6 Å². The monoisotopic (exact) mass is 466 g/mol. The number of carbonyl (C=O) groups excluding carboxylic acids is 2. The van der Waals surface area contributed by atoms with Gasteiger partial charge in [0.2, 0.25) is 5.91 Å². The molecule has 4 aromatic carbocycles. The first-order valence-corrected chi connectivity index (χ1v) is 11.9. The molecule has 1 unspecified atom stereocenters. The van der Waals surface area contributed by atoms with Crippen LogP contribution in [-0.4, -0.2) is 11.8 Å². The SMILES string of the molecule is Cc1cccc(C(=O)Nc2ccc(SC(C(=O)Nc3ccccc3C)c3ccccc3)cc2)c1. The van der Waals surface area contributed by atoms with Gasteiger partial charge in [0, 0.05) is 21.8 Å². The van der Waals surface area contributed by atoms with Crippen LogP contribution >= 0.6 is 11.8 Å². The molecule has 0 radical (unpaired) electrons. The lowest BCUT2D eigenvalue weighted by Crippen LogP contribution is -2.19. The summed E-state index contributed by atoms with van der Waals surface area (Å²) in [6, 6.07) is 32.5. The van der Waals surface area contributed by atoms with Crippen LogP contribution in [-0.2, 0) is 4.79 Å². The molecule has 0 heterocycles. The molecule has 0 aliphatic rings. The van der Waals surface area contributed by atoms with E-state index in [9.17, 15) is 9.59 Å². The summed E-state index contributed by atoms with van der Waals surface area (Å²) in [6.45, 7) is 3.94. The highest BCUT2D eigenvalue weighted by Gasteiger charge is 2.22. The molecule has 0 saturated carbocycles.